The average Bonchev–Trinajstić information content (AvgIpc) is 3.50. The minimum Gasteiger partial charge on any atom is -0.438 e. The van der Waals surface area contributed by atoms with Crippen LogP contribution in [-0.2, 0) is 42.7 Å². The van der Waals surface area contributed by atoms with Crippen LogP contribution in [0.4, 0.5) is 14.9 Å². The molecule has 5 rings (SSSR count). The molecule has 0 radical (unpaired) electrons. The first-order valence-electron chi connectivity index (χ1n) is 12.1. The van der Waals surface area contributed by atoms with Crippen molar-refractivity contribution in [2.24, 2.45) is 0 Å². The van der Waals surface area contributed by atoms with Crippen molar-refractivity contribution in [3.05, 3.63) is 23.0 Å². The van der Waals surface area contributed by atoms with Gasteiger partial charge in [0.05, 0.1) is 11.4 Å². The Balaban J connectivity index is 1.40. The van der Waals surface area contributed by atoms with Gasteiger partial charge in [-0.05, 0) is 18.9 Å². The first-order chi connectivity index (χ1) is 19.3. The summed E-state index contributed by atoms with van der Waals surface area (Å²) in [7, 11) is -9.12. The second-order valence-electron chi connectivity index (χ2n) is 9.67. The first-order valence-corrected chi connectivity index (χ1v) is 16.1. The van der Waals surface area contributed by atoms with Gasteiger partial charge >= 0.3 is 19.7 Å². The number of esters is 1. The van der Waals surface area contributed by atoms with E-state index in [2.05, 4.69) is 19.6 Å². The SMILES string of the molecule is CC(=O)OCOP(=O)(O)CS(=O)(=O)C[C@H]1O[C@@H](n2ccc3c(NC4CC(F)C4)c(C#N)c(Cl)nc32)[C@@H]2OC(=O)O[C@@H]21. The van der Waals surface area contributed by atoms with Crippen LogP contribution in [0.3, 0.4) is 0 Å². The van der Waals surface area contributed by atoms with Crippen molar-refractivity contribution in [2.45, 2.75) is 56.5 Å². The third-order valence-electron chi connectivity index (χ3n) is 6.68. The third kappa shape index (κ3) is 6.13. The molecule has 15 nitrogen and oxygen atoms in total. The molecule has 3 fully saturated rings. The molecule has 0 bridgehead atoms. The van der Waals surface area contributed by atoms with Gasteiger partial charge in [-0.3, -0.25) is 13.9 Å². The number of hydrogen-bond donors (Lipinski definition) is 2. The zero-order chi connectivity index (χ0) is 29.7. The normalized spacial score (nSPS) is 28.6. The van der Waals surface area contributed by atoms with Crippen molar-refractivity contribution in [1.29, 1.82) is 5.26 Å². The van der Waals surface area contributed by atoms with E-state index < -0.39 is 78.3 Å². The number of nitrogens with zero attached hydrogens (tertiary/aromatic N) is 3. The maximum atomic E-state index is 13.4. The van der Waals surface area contributed by atoms with Gasteiger partial charge in [0.2, 0.25) is 6.79 Å². The van der Waals surface area contributed by atoms with Crippen LogP contribution in [-0.4, -0.2) is 83.6 Å². The Hall–Kier alpha value is -3.00. The molecule has 5 atom stereocenters. The summed E-state index contributed by atoms with van der Waals surface area (Å²) in [6.07, 6.45) is -4.84. The number of halogens is 2. The van der Waals surface area contributed by atoms with Crippen LogP contribution in [0.15, 0.2) is 12.3 Å². The van der Waals surface area contributed by atoms with E-state index in [0.29, 0.717) is 11.1 Å². The third-order valence-corrected chi connectivity index (χ3v) is 11.2. The van der Waals surface area contributed by atoms with E-state index in [1.54, 1.807) is 6.07 Å². The molecule has 2 aliphatic heterocycles. The zero-order valence-electron chi connectivity index (χ0n) is 21.1. The van der Waals surface area contributed by atoms with E-state index in [1.807, 2.05) is 6.07 Å². The maximum absolute atomic E-state index is 13.4. The topological polar surface area (TPSA) is 205 Å². The summed E-state index contributed by atoms with van der Waals surface area (Å²) in [4.78, 5) is 37.0. The van der Waals surface area contributed by atoms with Gasteiger partial charge in [-0.15, -0.1) is 0 Å². The highest BCUT2D eigenvalue weighted by molar-refractivity contribution is 7.97. The van der Waals surface area contributed by atoms with Gasteiger partial charge < -0.3 is 33.7 Å². The van der Waals surface area contributed by atoms with Gasteiger partial charge in [0.15, 0.2) is 38.9 Å². The van der Waals surface area contributed by atoms with Crippen molar-refractivity contribution in [2.75, 3.05) is 23.4 Å². The monoisotopic (exact) mass is 636 g/mol. The fraction of sp³-hybridized carbons (Fsp3) is 0.545. The van der Waals surface area contributed by atoms with Crippen molar-refractivity contribution in [3.63, 3.8) is 0 Å². The molecule has 2 aromatic rings. The fourth-order valence-corrected chi connectivity index (χ4v) is 8.74. The molecule has 1 saturated carbocycles. The molecule has 1 aliphatic carbocycles. The average molecular weight is 637 g/mol. The van der Waals surface area contributed by atoms with E-state index in [-0.39, 0.29) is 35.2 Å². The summed E-state index contributed by atoms with van der Waals surface area (Å²) in [6.45, 7) is 0.108. The van der Waals surface area contributed by atoms with Crippen molar-refractivity contribution in [3.8, 4) is 6.07 Å². The quantitative estimate of drug-likeness (QED) is 0.166. The Kier molecular flexibility index (Phi) is 7.92. The Morgan fingerprint density at radius 3 is 2.76 bits per heavy atom. The van der Waals surface area contributed by atoms with Crippen LogP contribution >= 0.6 is 19.2 Å². The molecule has 2 aromatic heterocycles. The number of nitriles is 1. The highest BCUT2D eigenvalue weighted by Gasteiger charge is 2.56. The molecule has 1 unspecified atom stereocenters. The number of sulfone groups is 1. The van der Waals surface area contributed by atoms with Crippen LogP contribution < -0.4 is 5.32 Å². The molecule has 222 valence electrons. The molecule has 0 aromatic carbocycles. The van der Waals surface area contributed by atoms with Crippen LogP contribution in [0.1, 0.15) is 31.6 Å². The molecule has 4 heterocycles. The van der Waals surface area contributed by atoms with E-state index in [0.717, 1.165) is 6.92 Å². The lowest BCUT2D eigenvalue weighted by Crippen LogP contribution is -2.36. The van der Waals surface area contributed by atoms with Crippen molar-refractivity contribution in [1.82, 2.24) is 9.55 Å². The van der Waals surface area contributed by atoms with Crippen molar-refractivity contribution >= 4 is 57.9 Å². The molecule has 0 spiro atoms. The minimum atomic E-state index is -4.74. The molecule has 19 heteroatoms. The Bertz CT molecular complexity index is 1590. The van der Waals surface area contributed by atoms with Gasteiger partial charge in [-0.1, -0.05) is 11.6 Å². The first kappa shape index (κ1) is 29.5. The minimum absolute atomic E-state index is 0.0494. The maximum Gasteiger partial charge on any atom is 0.509 e. The van der Waals surface area contributed by atoms with Gasteiger partial charge in [-0.2, -0.15) is 5.26 Å². The number of carbonyl (C=O) groups is 2. The van der Waals surface area contributed by atoms with E-state index in [9.17, 15) is 37.1 Å². The molecule has 41 heavy (non-hydrogen) atoms. The summed E-state index contributed by atoms with van der Waals surface area (Å²) < 4.78 is 78.0. The van der Waals surface area contributed by atoms with E-state index in [4.69, 9.17) is 25.8 Å². The number of ether oxygens (including phenoxy) is 4. The van der Waals surface area contributed by atoms with Gasteiger partial charge in [0, 0.05) is 24.5 Å². The lowest BCUT2D eigenvalue weighted by Gasteiger charge is -2.31. The molecule has 3 aliphatic rings. The molecule has 0 amide bonds. The van der Waals surface area contributed by atoms with Crippen LogP contribution in [0.25, 0.3) is 11.0 Å². The van der Waals surface area contributed by atoms with Crippen molar-refractivity contribution < 1.29 is 55.3 Å². The number of nitrogens with one attached hydrogen (secondary N) is 1. The Labute approximate surface area is 236 Å². The van der Waals surface area contributed by atoms with Crippen LogP contribution in [0, 0.1) is 11.3 Å². The second-order valence-corrected chi connectivity index (χ2v) is 14.4. The predicted molar refractivity (Wildman–Crippen MR) is 136 cm³/mol. The van der Waals surface area contributed by atoms with Gasteiger partial charge in [0.1, 0.15) is 29.6 Å². The standard InChI is InChI=1S/C22H23ClFN4O11PS/c1-10(29)35-8-36-40(31,32)9-41(33,34)7-15-17-18(39-22(30)38-17)21(37-15)28-3-2-13-16(26-12-4-11(24)5-12)14(6-25)19(23)27-20(13)28/h2-3,11-12,15,17-18,21H,4-5,7-9H2,1H3,(H,26,27)(H,31,32)/t11?,12?,15-,17-,18-,21-/m1/s1. The highest BCUT2D eigenvalue weighted by atomic mass is 35.5. The van der Waals surface area contributed by atoms with Crippen LogP contribution in [0.2, 0.25) is 5.15 Å². The van der Waals surface area contributed by atoms with E-state index >= 15 is 0 Å². The summed E-state index contributed by atoms with van der Waals surface area (Å²) in [5.41, 5.74) is -0.747. The Morgan fingerprint density at radius 1 is 1.39 bits per heavy atom. The largest absolute Gasteiger partial charge is 0.509 e. The predicted octanol–water partition coefficient (Wildman–Crippen LogP) is 2.37. The number of fused-ring (bicyclic) bond motifs is 2. The number of pyridine rings is 1. The van der Waals surface area contributed by atoms with Gasteiger partial charge in [0.25, 0.3) is 0 Å². The van der Waals surface area contributed by atoms with Gasteiger partial charge in [-0.25, -0.2) is 22.6 Å². The summed E-state index contributed by atoms with van der Waals surface area (Å²) in [5.74, 6) is -1.66. The summed E-state index contributed by atoms with van der Waals surface area (Å²) >= 11 is 6.30. The zero-order valence-corrected chi connectivity index (χ0v) is 23.6. The number of hydrogen-bond acceptors (Lipinski definition) is 13. The molecule has 2 N–H and O–H groups in total. The fourth-order valence-electron chi connectivity index (χ4n) is 4.83. The highest BCUT2D eigenvalue weighted by Crippen LogP contribution is 2.45. The Morgan fingerprint density at radius 2 is 2.10 bits per heavy atom. The van der Waals surface area contributed by atoms with E-state index in [1.165, 1.54) is 10.8 Å². The molecule has 2 saturated heterocycles. The number of aromatic nitrogens is 2. The number of rotatable bonds is 10. The number of alkyl halides is 1. The second kappa shape index (κ2) is 11.0. The number of anilines is 1. The smallest absolute Gasteiger partial charge is 0.438 e. The lowest BCUT2D eigenvalue weighted by molar-refractivity contribution is -0.147. The van der Waals surface area contributed by atoms with Crippen LogP contribution in [0.5, 0.6) is 0 Å². The summed E-state index contributed by atoms with van der Waals surface area (Å²) in [5, 5.41) is 13.1. The lowest BCUT2D eigenvalue weighted by atomic mass is 9.90. The summed E-state index contributed by atoms with van der Waals surface area (Å²) in [6, 6.07) is 3.35. The molecular formula is C22H23ClFN4O11PS. The number of carbonyl (C=O) groups excluding carboxylic acids is 2. The molecular weight excluding hydrogens is 614 g/mol.